The highest BCUT2D eigenvalue weighted by Gasteiger charge is 2.42. The summed E-state index contributed by atoms with van der Waals surface area (Å²) in [7, 11) is -2.56. The van der Waals surface area contributed by atoms with Crippen LogP contribution in [0.2, 0.25) is 0 Å². The first-order valence-electron chi connectivity index (χ1n) is 9.34. The predicted octanol–water partition coefficient (Wildman–Crippen LogP) is 3.03. The summed E-state index contributed by atoms with van der Waals surface area (Å²) in [5.41, 5.74) is 0.550. The molecule has 1 fully saturated rings. The highest BCUT2D eigenvalue weighted by atomic mass is 32.2. The third-order valence-corrected chi connectivity index (χ3v) is 6.06. The molecule has 0 aromatic heterocycles. The molecule has 8 nitrogen and oxygen atoms in total. The first kappa shape index (κ1) is 19.5. The molecule has 0 atom stereocenters. The van der Waals surface area contributed by atoms with Crippen LogP contribution in [0.25, 0.3) is 0 Å². The number of fused-ring (bicyclic) bond motifs is 1. The predicted molar refractivity (Wildman–Crippen MR) is 106 cm³/mol. The van der Waals surface area contributed by atoms with E-state index in [0.29, 0.717) is 17.2 Å². The van der Waals surface area contributed by atoms with Crippen LogP contribution in [0.15, 0.2) is 41.3 Å². The number of carbonyl (C=O) groups excluding carboxylic acids is 1. The number of sulfonamides is 1. The van der Waals surface area contributed by atoms with Crippen LogP contribution in [0, 0.1) is 0 Å². The number of amides is 1. The van der Waals surface area contributed by atoms with E-state index in [1.807, 2.05) is 0 Å². The lowest BCUT2D eigenvalue weighted by atomic mass is 9.94. The van der Waals surface area contributed by atoms with Crippen molar-refractivity contribution < 1.29 is 27.4 Å². The lowest BCUT2D eigenvalue weighted by Gasteiger charge is -2.31. The van der Waals surface area contributed by atoms with Gasteiger partial charge >= 0.3 is 0 Å². The molecule has 1 aliphatic carbocycles. The largest absolute Gasteiger partial charge is 0.496 e. The zero-order valence-corrected chi connectivity index (χ0v) is 16.8. The van der Waals surface area contributed by atoms with Crippen molar-refractivity contribution in [2.75, 3.05) is 12.4 Å². The standard InChI is InChI=1S/C20H22N2O6S/c1-26-16-8-6-14(29(21,24)25)12-15(16)19(23)22-13-5-7-17-18(11-13)28-20(27-17)9-3-2-4-10-20/h5-8,11-12H,2-4,9-10H2,1H3,(H,22,23)(H2,21,24,25). The van der Waals surface area contributed by atoms with Crippen molar-refractivity contribution >= 4 is 21.6 Å². The van der Waals surface area contributed by atoms with Crippen LogP contribution in [-0.4, -0.2) is 27.2 Å². The summed E-state index contributed by atoms with van der Waals surface area (Å²) in [6, 6.07) is 9.03. The van der Waals surface area contributed by atoms with Crippen LogP contribution in [0.4, 0.5) is 5.69 Å². The molecule has 1 saturated carbocycles. The number of nitrogens with two attached hydrogens (primary N) is 1. The molecule has 2 aromatic carbocycles. The minimum Gasteiger partial charge on any atom is -0.496 e. The van der Waals surface area contributed by atoms with Gasteiger partial charge in [-0.05, 0) is 43.2 Å². The number of hydrogen-bond acceptors (Lipinski definition) is 6. The summed E-state index contributed by atoms with van der Waals surface area (Å²) in [5, 5.41) is 7.91. The average Bonchev–Trinajstić information content (AvgIpc) is 3.03. The van der Waals surface area contributed by atoms with Gasteiger partial charge in [0.05, 0.1) is 17.6 Å². The van der Waals surface area contributed by atoms with E-state index in [4.69, 9.17) is 19.3 Å². The number of carbonyl (C=O) groups is 1. The third-order valence-electron chi connectivity index (χ3n) is 5.15. The fraction of sp³-hybridized carbons (Fsp3) is 0.350. The monoisotopic (exact) mass is 418 g/mol. The van der Waals surface area contributed by atoms with Crippen LogP contribution in [0.1, 0.15) is 42.5 Å². The second-order valence-electron chi connectivity index (χ2n) is 7.20. The molecular weight excluding hydrogens is 396 g/mol. The zero-order valence-electron chi connectivity index (χ0n) is 15.9. The van der Waals surface area contributed by atoms with E-state index < -0.39 is 21.7 Å². The summed E-state index contributed by atoms with van der Waals surface area (Å²) >= 11 is 0. The van der Waals surface area contributed by atoms with Gasteiger partial charge in [0.15, 0.2) is 11.5 Å². The fourth-order valence-electron chi connectivity index (χ4n) is 3.71. The van der Waals surface area contributed by atoms with Gasteiger partial charge in [0, 0.05) is 24.6 Å². The maximum atomic E-state index is 12.8. The first-order valence-corrected chi connectivity index (χ1v) is 10.9. The lowest BCUT2D eigenvalue weighted by Crippen LogP contribution is -2.40. The van der Waals surface area contributed by atoms with Crippen molar-refractivity contribution in [1.29, 1.82) is 0 Å². The molecule has 2 aromatic rings. The Morgan fingerprint density at radius 3 is 2.48 bits per heavy atom. The van der Waals surface area contributed by atoms with Gasteiger partial charge in [-0.2, -0.15) is 0 Å². The molecule has 0 bridgehead atoms. The Balaban J connectivity index is 1.57. The molecule has 0 saturated heterocycles. The molecule has 4 rings (SSSR count). The normalized spacial score (nSPS) is 17.2. The van der Waals surface area contributed by atoms with Crippen molar-refractivity contribution in [1.82, 2.24) is 0 Å². The van der Waals surface area contributed by atoms with E-state index in [0.717, 1.165) is 25.7 Å². The van der Waals surface area contributed by atoms with Crippen molar-refractivity contribution in [3.05, 3.63) is 42.0 Å². The van der Waals surface area contributed by atoms with Crippen molar-refractivity contribution in [2.45, 2.75) is 42.8 Å². The van der Waals surface area contributed by atoms with Gasteiger partial charge in [-0.15, -0.1) is 0 Å². The number of benzene rings is 2. The molecule has 2 aliphatic rings. The number of methoxy groups -OCH3 is 1. The third kappa shape index (κ3) is 3.88. The Morgan fingerprint density at radius 1 is 1.07 bits per heavy atom. The molecule has 0 radical (unpaired) electrons. The Kier molecular flexibility index (Phi) is 4.87. The summed E-state index contributed by atoms with van der Waals surface area (Å²) in [5.74, 6) is 0.333. The lowest BCUT2D eigenvalue weighted by molar-refractivity contribution is -0.105. The molecular formula is C20H22N2O6S. The molecule has 1 spiro atoms. The molecule has 29 heavy (non-hydrogen) atoms. The minimum absolute atomic E-state index is 0.0560. The smallest absolute Gasteiger partial charge is 0.259 e. The number of ether oxygens (including phenoxy) is 3. The van der Waals surface area contributed by atoms with E-state index in [2.05, 4.69) is 5.32 Å². The average molecular weight is 418 g/mol. The molecule has 0 unspecified atom stereocenters. The summed E-state index contributed by atoms with van der Waals surface area (Å²) in [4.78, 5) is 12.6. The van der Waals surface area contributed by atoms with Gasteiger partial charge in [-0.1, -0.05) is 6.42 Å². The number of hydrogen-bond donors (Lipinski definition) is 2. The molecule has 1 heterocycles. The van der Waals surface area contributed by atoms with E-state index in [-0.39, 0.29) is 16.2 Å². The van der Waals surface area contributed by atoms with E-state index in [1.165, 1.54) is 31.7 Å². The van der Waals surface area contributed by atoms with Gasteiger partial charge in [0.1, 0.15) is 5.75 Å². The van der Waals surface area contributed by atoms with Crippen molar-refractivity contribution in [2.24, 2.45) is 5.14 Å². The van der Waals surface area contributed by atoms with Crippen molar-refractivity contribution in [3.63, 3.8) is 0 Å². The van der Waals surface area contributed by atoms with Crippen molar-refractivity contribution in [3.8, 4) is 17.2 Å². The number of primary sulfonamides is 1. The topological polar surface area (TPSA) is 117 Å². The van der Waals surface area contributed by atoms with Gasteiger partial charge < -0.3 is 19.5 Å². The van der Waals surface area contributed by atoms with Crippen LogP contribution >= 0.6 is 0 Å². The Labute approximate surface area is 169 Å². The van der Waals surface area contributed by atoms with Crippen LogP contribution in [-0.2, 0) is 10.0 Å². The summed E-state index contributed by atoms with van der Waals surface area (Å²) < 4.78 is 40.5. The maximum absolute atomic E-state index is 12.8. The van der Waals surface area contributed by atoms with E-state index in [9.17, 15) is 13.2 Å². The number of nitrogens with one attached hydrogen (secondary N) is 1. The van der Waals surface area contributed by atoms with Gasteiger partial charge in [0.2, 0.25) is 10.0 Å². The van der Waals surface area contributed by atoms with Gasteiger partial charge in [0.25, 0.3) is 11.7 Å². The molecule has 1 amide bonds. The maximum Gasteiger partial charge on any atom is 0.259 e. The second kappa shape index (κ2) is 7.23. The second-order valence-corrected chi connectivity index (χ2v) is 8.76. The summed E-state index contributed by atoms with van der Waals surface area (Å²) in [6.45, 7) is 0. The van der Waals surface area contributed by atoms with E-state index in [1.54, 1.807) is 18.2 Å². The quantitative estimate of drug-likeness (QED) is 0.788. The van der Waals surface area contributed by atoms with Crippen LogP contribution < -0.4 is 24.7 Å². The Morgan fingerprint density at radius 2 is 1.79 bits per heavy atom. The van der Waals surface area contributed by atoms with Gasteiger partial charge in [-0.3, -0.25) is 4.79 Å². The Hall–Kier alpha value is -2.78. The molecule has 154 valence electrons. The first-order chi connectivity index (χ1) is 13.8. The highest BCUT2D eigenvalue weighted by molar-refractivity contribution is 7.89. The summed E-state index contributed by atoms with van der Waals surface area (Å²) in [6.07, 6.45) is 4.95. The number of anilines is 1. The molecule has 9 heteroatoms. The van der Waals surface area contributed by atoms with Crippen LogP contribution in [0.3, 0.4) is 0 Å². The molecule has 3 N–H and O–H groups in total. The highest BCUT2D eigenvalue weighted by Crippen LogP contribution is 2.46. The number of rotatable bonds is 4. The molecule has 1 aliphatic heterocycles. The SMILES string of the molecule is COc1ccc(S(N)(=O)=O)cc1C(=O)Nc1ccc2c(c1)OC1(CCCCC1)O2. The fourth-order valence-corrected chi connectivity index (χ4v) is 4.25. The van der Waals surface area contributed by atoms with E-state index >= 15 is 0 Å². The van der Waals surface area contributed by atoms with Crippen LogP contribution in [0.5, 0.6) is 17.2 Å². The Bertz CT molecular complexity index is 1060. The minimum atomic E-state index is -3.95. The zero-order chi connectivity index (χ0) is 20.6. The van der Waals surface area contributed by atoms with Gasteiger partial charge in [-0.25, -0.2) is 13.6 Å².